The van der Waals surface area contributed by atoms with Crippen molar-refractivity contribution in [3.8, 4) is 23.1 Å². The van der Waals surface area contributed by atoms with Crippen molar-refractivity contribution >= 4 is 44.4 Å². The average Bonchev–Trinajstić information content (AvgIpc) is 3.15. The number of methoxy groups -OCH3 is 1. The third kappa shape index (κ3) is 4.82. The molecule has 0 bridgehead atoms. The molecule has 1 N–H and O–H groups in total. The lowest BCUT2D eigenvalue weighted by atomic mass is 10.1. The number of halogens is 1. The molecule has 0 saturated heterocycles. The van der Waals surface area contributed by atoms with Crippen molar-refractivity contribution in [3.63, 3.8) is 0 Å². The van der Waals surface area contributed by atoms with Crippen molar-refractivity contribution in [2.24, 2.45) is 0 Å². The first-order valence-electron chi connectivity index (χ1n) is 7.87. The molecular formula is C20H14BrN3O2S. The van der Waals surface area contributed by atoms with Gasteiger partial charge in [-0.1, -0.05) is 40.2 Å². The Morgan fingerprint density at radius 1 is 1.22 bits per heavy atom. The summed E-state index contributed by atoms with van der Waals surface area (Å²) in [5.41, 5.74) is 2.45. The molecule has 1 amide bonds. The number of thiazole rings is 1. The van der Waals surface area contributed by atoms with Gasteiger partial charge in [0.1, 0.15) is 17.4 Å². The van der Waals surface area contributed by atoms with Crippen molar-refractivity contribution in [2.45, 2.75) is 0 Å². The molecular weight excluding hydrogens is 426 g/mol. The minimum atomic E-state index is -0.495. The summed E-state index contributed by atoms with van der Waals surface area (Å²) in [6.45, 7) is 0. The van der Waals surface area contributed by atoms with E-state index in [-0.39, 0.29) is 5.57 Å². The van der Waals surface area contributed by atoms with Gasteiger partial charge in [0.25, 0.3) is 5.91 Å². The van der Waals surface area contributed by atoms with E-state index in [4.69, 9.17) is 4.74 Å². The summed E-state index contributed by atoms with van der Waals surface area (Å²) in [6, 6.07) is 16.8. The highest BCUT2D eigenvalue weighted by Crippen LogP contribution is 2.26. The highest BCUT2D eigenvalue weighted by molar-refractivity contribution is 9.10. The Kier molecular flexibility index (Phi) is 6.01. The zero-order chi connectivity index (χ0) is 19.2. The standard InChI is InChI=1S/C20H14BrN3O2S/c1-26-17-8-2-13(3-9-17)10-15(11-22)19(25)24-20-23-18(12-27-20)14-4-6-16(21)7-5-14/h2-10,12H,1H3,(H,23,24,25)/b15-10+. The number of anilines is 1. The SMILES string of the molecule is COc1ccc(/C=C(\C#N)C(=O)Nc2nc(-c3ccc(Br)cc3)cs2)cc1. The van der Waals surface area contributed by atoms with Crippen LogP contribution in [0.1, 0.15) is 5.56 Å². The average molecular weight is 440 g/mol. The maximum Gasteiger partial charge on any atom is 0.268 e. The van der Waals surface area contributed by atoms with Gasteiger partial charge in [-0.3, -0.25) is 10.1 Å². The lowest BCUT2D eigenvalue weighted by Gasteiger charge is -2.02. The fraction of sp³-hybridized carbons (Fsp3) is 0.0500. The Labute approximate surface area is 169 Å². The molecule has 5 nitrogen and oxygen atoms in total. The molecule has 1 heterocycles. The highest BCUT2D eigenvalue weighted by Gasteiger charge is 2.12. The van der Waals surface area contributed by atoms with E-state index in [0.29, 0.717) is 10.9 Å². The van der Waals surface area contributed by atoms with Gasteiger partial charge >= 0.3 is 0 Å². The molecule has 3 rings (SSSR count). The number of amides is 1. The smallest absolute Gasteiger partial charge is 0.268 e. The number of rotatable bonds is 5. The number of hydrogen-bond acceptors (Lipinski definition) is 5. The molecule has 0 atom stereocenters. The summed E-state index contributed by atoms with van der Waals surface area (Å²) in [6.07, 6.45) is 1.53. The Morgan fingerprint density at radius 3 is 2.56 bits per heavy atom. The Morgan fingerprint density at radius 2 is 1.93 bits per heavy atom. The number of ether oxygens (including phenoxy) is 1. The van der Waals surface area contributed by atoms with Crippen LogP contribution in [0.25, 0.3) is 17.3 Å². The molecule has 7 heteroatoms. The summed E-state index contributed by atoms with van der Waals surface area (Å²) in [7, 11) is 1.58. The van der Waals surface area contributed by atoms with Crippen LogP contribution in [0, 0.1) is 11.3 Å². The number of nitriles is 1. The number of carbonyl (C=O) groups is 1. The van der Waals surface area contributed by atoms with Crippen LogP contribution in [0.15, 0.2) is 64.0 Å². The van der Waals surface area contributed by atoms with Gasteiger partial charge in [-0.15, -0.1) is 11.3 Å². The largest absolute Gasteiger partial charge is 0.497 e. The second-order valence-corrected chi connectivity index (χ2v) is 7.22. The maximum absolute atomic E-state index is 12.4. The first kappa shape index (κ1) is 18.8. The van der Waals surface area contributed by atoms with E-state index in [1.165, 1.54) is 17.4 Å². The zero-order valence-corrected chi connectivity index (χ0v) is 16.7. The molecule has 0 aliphatic carbocycles. The number of hydrogen-bond donors (Lipinski definition) is 1. The van der Waals surface area contributed by atoms with E-state index >= 15 is 0 Å². The first-order chi connectivity index (χ1) is 13.1. The van der Waals surface area contributed by atoms with Crippen LogP contribution in [0.5, 0.6) is 5.75 Å². The molecule has 0 spiro atoms. The van der Waals surface area contributed by atoms with E-state index < -0.39 is 5.91 Å². The van der Waals surface area contributed by atoms with Crippen LogP contribution >= 0.6 is 27.3 Å². The Bertz CT molecular complexity index is 1020. The van der Waals surface area contributed by atoms with E-state index in [9.17, 15) is 10.1 Å². The molecule has 3 aromatic rings. The molecule has 0 saturated carbocycles. The van der Waals surface area contributed by atoms with E-state index in [2.05, 4.69) is 26.2 Å². The van der Waals surface area contributed by atoms with Crippen molar-refractivity contribution in [3.05, 3.63) is 69.5 Å². The number of aromatic nitrogens is 1. The van der Waals surface area contributed by atoms with Crippen LogP contribution in [0.2, 0.25) is 0 Å². The second-order valence-electron chi connectivity index (χ2n) is 5.44. The van der Waals surface area contributed by atoms with Gasteiger partial charge < -0.3 is 4.74 Å². The molecule has 134 valence electrons. The summed E-state index contributed by atoms with van der Waals surface area (Å²) < 4.78 is 6.08. The van der Waals surface area contributed by atoms with Gasteiger partial charge in [0, 0.05) is 15.4 Å². The minimum Gasteiger partial charge on any atom is -0.497 e. The predicted octanol–water partition coefficient (Wildman–Crippen LogP) is 5.13. The quantitative estimate of drug-likeness (QED) is 0.441. The van der Waals surface area contributed by atoms with Crippen LogP contribution in [0.3, 0.4) is 0 Å². The molecule has 0 radical (unpaired) electrons. The highest BCUT2D eigenvalue weighted by atomic mass is 79.9. The van der Waals surface area contributed by atoms with E-state index in [0.717, 1.165) is 21.3 Å². The minimum absolute atomic E-state index is 0.000517. The number of carbonyl (C=O) groups excluding carboxylic acids is 1. The van der Waals surface area contributed by atoms with Crippen molar-refractivity contribution in [2.75, 3.05) is 12.4 Å². The van der Waals surface area contributed by atoms with Gasteiger partial charge in [0.05, 0.1) is 12.8 Å². The topological polar surface area (TPSA) is 75.0 Å². The normalized spacial score (nSPS) is 10.9. The lowest BCUT2D eigenvalue weighted by Crippen LogP contribution is -2.13. The number of nitrogens with zero attached hydrogens (tertiary/aromatic N) is 2. The monoisotopic (exact) mass is 439 g/mol. The second kappa shape index (κ2) is 8.62. The number of nitrogens with one attached hydrogen (secondary N) is 1. The number of benzene rings is 2. The van der Waals surface area contributed by atoms with Crippen LogP contribution in [-0.4, -0.2) is 18.0 Å². The molecule has 1 aromatic heterocycles. The lowest BCUT2D eigenvalue weighted by molar-refractivity contribution is -0.112. The fourth-order valence-electron chi connectivity index (χ4n) is 2.26. The predicted molar refractivity (Wildman–Crippen MR) is 110 cm³/mol. The van der Waals surface area contributed by atoms with Crippen LogP contribution < -0.4 is 10.1 Å². The zero-order valence-electron chi connectivity index (χ0n) is 14.3. The van der Waals surface area contributed by atoms with Gasteiger partial charge in [-0.05, 0) is 35.9 Å². The molecule has 0 aliphatic heterocycles. The third-order valence-electron chi connectivity index (χ3n) is 3.66. The summed E-state index contributed by atoms with van der Waals surface area (Å²) >= 11 is 4.70. The van der Waals surface area contributed by atoms with Crippen molar-refractivity contribution in [1.29, 1.82) is 5.26 Å². The van der Waals surface area contributed by atoms with Crippen LogP contribution in [0.4, 0.5) is 5.13 Å². The first-order valence-corrected chi connectivity index (χ1v) is 9.55. The summed E-state index contributed by atoms with van der Waals surface area (Å²) in [4.78, 5) is 16.8. The van der Waals surface area contributed by atoms with Crippen molar-refractivity contribution < 1.29 is 9.53 Å². The summed E-state index contributed by atoms with van der Waals surface area (Å²) in [5.74, 6) is 0.211. The fourth-order valence-corrected chi connectivity index (χ4v) is 3.24. The Balaban J connectivity index is 1.74. The van der Waals surface area contributed by atoms with Gasteiger partial charge in [-0.2, -0.15) is 5.26 Å². The molecule has 27 heavy (non-hydrogen) atoms. The van der Waals surface area contributed by atoms with E-state index in [1.54, 1.807) is 31.4 Å². The molecule has 0 unspecified atom stereocenters. The Hall–Kier alpha value is -2.95. The van der Waals surface area contributed by atoms with Gasteiger partial charge in [0.15, 0.2) is 5.13 Å². The van der Waals surface area contributed by atoms with Gasteiger partial charge in [0.2, 0.25) is 0 Å². The van der Waals surface area contributed by atoms with Crippen LogP contribution in [-0.2, 0) is 4.79 Å². The van der Waals surface area contributed by atoms with Gasteiger partial charge in [-0.25, -0.2) is 4.98 Å². The summed E-state index contributed by atoms with van der Waals surface area (Å²) in [5, 5.41) is 14.3. The molecule has 0 aliphatic rings. The third-order valence-corrected chi connectivity index (χ3v) is 4.94. The van der Waals surface area contributed by atoms with Crippen molar-refractivity contribution in [1.82, 2.24) is 4.98 Å². The molecule has 0 fully saturated rings. The molecule has 2 aromatic carbocycles. The maximum atomic E-state index is 12.4. The van der Waals surface area contributed by atoms with E-state index in [1.807, 2.05) is 35.7 Å².